The van der Waals surface area contributed by atoms with Gasteiger partial charge in [0, 0.05) is 6.00 Å². The lowest BCUT2D eigenvalue weighted by Gasteiger charge is -2.17. The largest absolute Gasteiger partial charge is 0.391 e. The maximum atomic E-state index is 9.16. The minimum atomic E-state index is -0.399. The minimum absolute atomic E-state index is 0.0602. The van der Waals surface area contributed by atoms with E-state index in [9.17, 15) is 0 Å². The molecule has 0 amide bonds. The van der Waals surface area contributed by atoms with E-state index in [2.05, 4.69) is 0 Å². The highest BCUT2D eigenvalue weighted by atomic mass is 16.5. The predicted octanol–water partition coefficient (Wildman–Crippen LogP) is 0.287. The molecule has 0 aromatic carbocycles. The molecule has 0 aliphatic carbocycles. The fourth-order valence-corrected chi connectivity index (χ4v) is 1.48. The number of ether oxygens (including phenoxy) is 1. The highest BCUT2D eigenvalue weighted by Gasteiger charge is 2.31. The van der Waals surface area contributed by atoms with E-state index in [0.717, 1.165) is 6.42 Å². The number of rotatable bonds is 1. The van der Waals surface area contributed by atoms with Crippen LogP contribution in [0.25, 0.3) is 0 Å². The highest BCUT2D eigenvalue weighted by Crippen LogP contribution is 2.26. The Hall–Kier alpha value is -0.0151. The van der Waals surface area contributed by atoms with Crippen LogP contribution in [0.2, 0.25) is 0 Å². The second kappa shape index (κ2) is 2.93. The van der Waals surface area contributed by atoms with E-state index in [1.807, 2.05) is 6.92 Å². The Morgan fingerprint density at radius 3 is 2.50 bits per heavy atom. The normalized spacial score (nSPS) is 43.7. The van der Waals surface area contributed by atoms with Crippen molar-refractivity contribution in [3.05, 3.63) is 0 Å². The van der Waals surface area contributed by atoms with Crippen molar-refractivity contribution in [3.8, 4) is 0 Å². The van der Waals surface area contributed by atoms with Crippen LogP contribution >= 0.6 is 0 Å². The molecule has 0 aromatic heterocycles. The van der Waals surface area contributed by atoms with Crippen molar-refractivity contribution in [1.82, 2.24) is 0 Å². The summed E-state index contributed by atoms with van der Waals surface area (Å²) in [6.45, 7) is 3.78. The average molecular weight is 140 g/mol. The topological polar surface area (TPSA) is 29.5 Å². The van der Waals surface area contributed by atoms with Crippen LogP contribution in [0.15, 0.2) is 0 Å². The van der Waals surface area contributed by atoms with Crippen molar-refractivity contribution in [2.45, 2.75) is 38.5 Å². The zero-order valence-electron chi connectivity index (χ0n) is 6.45. The number of hydrogen-bond donors (Lipinski definition) is 1. The molecule has 1 unspecified atom stereocenters. The molecule has 4 atom stereocenters. The fraction of sp³-hybridized carbons (Fsp3) is 1.00. The van der Waals surface area contributed by atoms with Crippen LogP contribution in [0.4, 0.5) is 0 Å². The van der Waals surface area contributed by atoms with Gasteiger partial charge in [-0.1, -0.05) is 6.92 Å². The first kappa shape index (κ1) is 8.09. The third-order valence-electron chi connectivity index (χ3n) is 1.97. The Morgan fingerprint density at radius 1 is 1.70 bits per heavy atom. The molecule has 0 bridgehead atoms. The van der Waals surface area contributed by atoms with Crippen LogP contribution in [0.1, 0.15) is 20.3 Å². The maximum Gasteiger partial charge on any atom is 0.109 e. The Balaban J connectivity index is 2.46. The van der Waals surface area contributed by atoms with Crippen LogP contribution in [0.5, 0.6) is 0 Å². The third-order valence-corrected chi connectivity index (χ3v) is 1.97. The lowest BCUT2D eigenvalue weighted by atomic mass is 9.91. The van der Waals surface area contributed by atoms with Gasteiger partial charge in [-0.05, 0) is 19.3 Å². The molecule has 2 nitrogen and oxygen atoms in total. The lowest BCUT2D eigenvalue weighted by Crippen LogP contribution is -2.27. The SMILES string of the molecule is [B][C@H]1C[C@@H](C)[C@@H](C(C)O)O1. The van der Waals surface area contributed by atoms with Gasteiger partial charge in [-0.25, -0.2) is 0 Å². The molecule has 1 heterocycles. The summed E-state index contributed by atoms with van der Waals surface area (Å²) < 4.78 is 5.26. The van der Waals surface area contributed by atoms with E-state index in [0.29, 0.717) is 5.92 Å². The van der Waals surface area contributed by atoms with Gasteiger partial charge in [0.05, 0.1) is 12.2 Å². The number of aliphatic hydroxyl groups is 1. The molecule has 1 aliphatic heterocycles. The van der Waals surface area contributed by atoms with Gasteiger partial charge in [0.2, 0.25) is 0 Å². The van der Waals surface area contributed by atoms with E-state index in [1.54, 1.807) is 6.92 Å². The van der Waals surface area contributed by atoms with Crippen molar-refractivity contribution in [2.75, 3.05) is 0 Å². The number of aliphatic hydroxyl groups excluding tert-OH is 1. The predicted molar refractivity (Wildman–Crippen MR) is 39.9 cm³/mol. The molecule has 1 aliphatic rings. The highest BCUT2D eigenvalue weighted by molar-refractivity contribution is 6.11. The molecule has 3 heteroatoms. The van der Waals surface area contributed by atoms with Crippen molar-refractivity contribution in [3.63, 3.8) is 0 Å². The molecule has 56 valence electrons. The van der Waals surface area contributed by atoms with Crippen LogP contribution in [-0.4, -0.2) is 31.2 Å². The molecule has 1 N–H and O–H groups in total. The van der Waals surface area contributed by atoms with E-state index >= 15 is 0 Å². The molecular weight excluding hydrogens is 127 g/mol. The van der Waals surface area contributed by atoms with E-state index < -0.39 is 6.10 Å². The smallest absolute Gasteiger partial charge is 0.109 e. The van der Waals surface area contributed by atoms with Crippen molar-refractivity contribution >= 4 is 7.85 Å². The third kappa shape index (κ3) is 1.52. The molecule has 1 rings (SSSR count). The summed E-state index contributed by atoms with van der Waals surface area (Å²) in [7, 11) is 5.52. The Morgan fingerprint density at radius 2 is 2.30 bits per heavy atom. The second-order valence-corrected chi connectivity index (χ2v) is 3.09. The molecule has 2 radical (unpaired) electrons. The molecule has 0 saturated carbocycles. The van der Waals surface area contributed by atoms with Crippen LogP contribution in [-0.2, 0) is 4.74 Å². The van der Waals surface area contributed by atoms with Crippen molar-refractivity contribution in [1.29, 1.82) is 0 Å². The fourth-order valence-electron chi connectivity index (χ4n) is 1.48. The van der Waals surface area contributed by atoms with Crippen LogP contribution < -0.4 is 0 Å². The minimum Gasteiger partial charge on any atom is -0.391 e. The summed E-state index contributed by atoms with van der Waals surface area (Å²) in [5.74, 6) is 0.384. The van der Waals surface area contributed by atoms with Gasteiger partial charge >= 0.3 is 0 Å². The van der Waals surface area contributed by atoms with Gasteiger partial charge in [0.25, 0.3) is 0 Å². The van der Waals surface area contributed by atoms with Gasteiger partial charge in [-0.2, -0.15) is 0 Å². The van der Waals surface area contributed by atoms with E-state index in [-0.39, 0.29) is 12.1 Å². The quantitative estimate of drug-likeness (QED) is 0.530. The second-order valence-electron chi connectivity index (χ2n) is 3.09. The van der Waals surface area contributed by atoms with Gasteiger partial charge < -0.3 is 9.84 Å². The Bertz CT molecular complexity index is 116. The Kier molecular flexibility index (Phi) is 2.37. The number of hydrogen-bond acceptors (Lipinski definition) is 2. The molecule has 0 aromatic rings. The monoisotopic (exact) mass is 140 g/mol. The standard InChI is InChI=1S/C7H13BO2/c1-4-3-6(8)10-7(4)5(2)9/h4-7,9H,3H2,1-2H3/t4-,5?,6-,7+/m1/s1. The maximum absolute atomic E-state index is 9.16. The Labute approximate surface area is 63.0 Å². The first-order valence-corrected chi connectivity index (χ1v) is 3.70. The van der Waals surface area contributed by atoms with Gasteiger partial charge in [-0.3, -0.25) is 0 Å². The summed E-state index contributed by atoms with van der Waals surface area (Å²) in [4.78, 5) is 0. The van der Waals surface area contributed by atoms with E-state index in [4.69, 9.17) is 17.7 Å². The molecule has 0 spiro atoms. The van der Waals surface area contributed by atoms with Crippen molar-refractivity contribution < 1.29 is 9.84 Å². The van der Waals surface area contributed by atoms with Crippen LogP contribution in [0.3, 0.4) is 0 Å². The first-order valence-electron chi connectivity index (χ1n) is 3.70. The summed E-state index contributed by atoms with van der Waals surface area (Å²) in [5, 5.41) is 9.16. The first-order chi connectivity index (χ1) is 4.61. The van der Waals surface area contributed by atoms with Gasteiger partial charge in [0.1, 0.15) is 7.85 Å². The molecule has 1 fully saturated rings. The zero-order valence-corrected chi connectivity index (χ0v) is 6.45. The summed E-state index contributed by atoms with van der Waals surface area (Å²) in [6, 6.07) is -0.172. The average Bonchev–Trinajstić information content (AvgIpc) is 2.10. The summed E-state index contributed by atoms with van der Waals surface area (Å²) in [5.41, 5.74) is 0. The zero-order chi connectivity index (χ0) is 7.72. The van der Waals surface area contributed by atoms with E-state index in [1.165, 1.54) is 0 Å². The lowest BCUT2D eigenvalue weighted by molar-refractivity contribution is -0.0168. The van der Waals surface area contributed by atoms with Crippen molar-refractivity contribution in [2.24, 2.45) is 5.92 Å². The molecule has 1 saturated heterocycles. The summed E-state index contributed by atoms with van der Waals surface area (Å²) in [6.07, 6.45) is 0.397. The molecule has 10 heavy (non-hydrogen) atoms. The molecular formula is C7H13BO2. The van der Waals surface area contributed by atoms with Crippen LogP contribution in [0, 0.1) is 5.92 Å². The van der Waals surface area contributed by atoms with Gasteiger partial charge in [0.15, 0.2) is 0 Å². The van der Waals surface area contributed by atoms with Gasteiger partial charge in [-0.15, -0.1) is 0 Å². The summed E-state index contributed by atoms with van der Waals surface area (Å²) >= 11 is 0.